The molecule has 0 bridgehead atoms. The van der Waals surface area contributed by atoms with Crippen molar-refractivity contribution < 1.29 is 14.4 Å². The van der Waals surface area contributed by atoms with Gasteiger partial charge in [0.2, 0.25) is 11.8 Å². The zero-order valence-electron chi connectivity index (χ0n) is 22.3. The van der Waals surface area contributed by atoms with Crippen LogP contribution in [0.1, 0.15) is 35.9 Å². The molecule has 1 saturated heterocycles. The van der Waals surface area contributed by atoms with Crippen molar-refractivity contribution in [2.75, 3.05) is 5.32 Å². The third kappa shape index (κ3) is 4.57. The molecule has 0 spiro atoms. The molecule has 1 saturated carbocycles. The van der Waals surface area contributed by atoms with Crippen LogP contribution in [0, 0.1) is 12.8 Å². The van der Waals surface area contributed by atoms with E-state index in [2.05, 4.69) is 41.4 Å². The number of nitrogens with one attached hydrogen (secondary N) is 1. The summed E-state index contributed by atoms with van der Waals surface area (Å²) >= 11 is 3.32. The average molecular weight is 613 g/mol. The van der Waals surface area contributed by atoms with E-state index in [4.69, 9.17) is 0 Å². The van der Waals surface area contributed by atoms with E-state index < -0.39 is 6.04 Å². The van der Waals surface area contributed by atoms with Crippen LogP contribution in [0.25, 0.3) is 27.7 Å². The van der Waals surface area contributed by atoms with Crippen LogP contribution in [0.15, 0.2) is 59.5 Å². The SMILES string of the molecule is CC(=O)c1nn(CC(=O)N2C3C[C@@H]3C[C@H]2C(=O)Nc2cccc(Br)n2)c2ccc(-c3cnc4cc(C)nn4c3)cc12. The van der Waals surface area contributed by atoms with Crippen LogP contribution in [0.2, 0.25) is 0 Å². The maximum atomic E-state index is 13.7. The Labute approximate surface area is 242 Å². The van der Waals surface area contributed by atoms with Crippen LogP contribution in [-0.4, -0.2) is 63.9 Å². The van der Waals surface area contributed by atoms with Crippen molar-refractivity contribution in [3.8, 4) is 11.1 Å². The summed E-state index contributed by atoms with van der Waals surface area (Å²) in [6, 6.07) is 12.3. The molecule has 7 rings (SSSR count). The summed E-state index contributed by atoms with van der Waals surface area (Å²) in [6.45, 7) is 3.30. The molecule has 5 heterocycles. The number of benzene rings is 1. The van der Waals surface area contributed by atoms with Crippen LogP contribution < -0.4 is 5.32 Å². The first kappa shape index (κ1) is 25.5. The van der Waals surface area contributed by atoms with Gasteiger partial charge in [0, 0.05) is 42.4 Å². The fraction of sp³-hybridized carbons (Fsp3) is 0.276. The van der Waals surface area contributed by atoms with E-state index in [1.807, 2.05) is 37.4 Å². The fourth-order valence-electron chi connectivity index (χ4n) is 5.83. The molecule has 1 N–H and O–H groups in total. The van der Waals surface area contributed by atoms with Crippen molar-refractivity contribution in [2.45, 2.75) is 45.3 Å². The molecule has 1 aromatic carbocycles. The second-order valence-electron chi connectivity index (χ2n) is 10.7. The first-order valence-electron chi connectivity index (χ1n) is 13.3. The van der Waals surface area contributed by atoms with Crippen molar-refractivity contribution in [1.29, 1.82) is 0 Å². The van der Waals surface area contributed by atoms with E-state index >= 15 is 0 Å². The summed E-state index contributed by atoms with van der Waals surface area (Å²) < 4.78 is 3.90. The van der Waals surface area contributed by atoms with Crippen LogP contribution >= 0.6 is 15.9 Å². The van der Waals surface area contributed by atoms with Gasteiger partial charge in [-0.05, 0) is 71.4 Å². The number of anilines is 1. The summed E-state index contributed by atoms with van der Waals surface area (Å²) in [7, 11) is 0. The van der Waals surface area contributed by atoms with Crippen LogP contribution in [0.5, 0.6) is 0 Å². The lowest BCUT2D eigenvalue weighted by Gasteiger charge is -2.26. The molecule has 2 aliphatic rings. The van der Waals surface area contributed by atoms with Crippen LogP contribution in [0.4, 0.5) is 5.82 Å². The third-order valence-electron chi connectivity index (χ3n) is 7.80. The average Bonchev–Trinajstić information content (AvgIpc) is 3.25. The Hall–Kier alpha value is -4.45. The van der Waals surface area contributed by atoms with Gasteiger partial charge in [-0.1, -0.05) is 12.1 Å². The quantitative estimate of drug-likeness (QED) is 0.226. The Morgan fingerprint density at radius 2 is 1.93 bits per heavy atom. The number of carbonyl (C=O) groups excluding carboxylic acids is 3. The highest BCUT2D eigenvalue weighted by Gasteiger charge is 2.56. The van der Waals surface area contributed by atoms with Gasteiger partial charge in [0.05, 0.1) is 11.2 Å². The number of aryl methyl sites for hydroxylation is 1. The highest BCUT2D eigenvalue weighted by atomic mass is 79.9. The highest BCUT2D eigenvalue weighted by molar-refractivity contribution is 9.10. The molecule has 2 fully saturated rings. The minimum atomic E-state index is -0.582. The Morgan fingerprint density at radius 3 is 2.73 bits per heavy atom. The number of amides is 2. The Kier molecular flexibility index (Phi) is 5.96. The normalized spacial score (nSPS) is 19.5. The zero-order valence-corrected chi connectivity index (χ0v) is 23.9. The van der Waals surface area contributed by atoms with Crippen molar-refractivity contribution in [2.24, 2.45) is 5.92 Å². The molecule has 12 heteroatoms. The summed E-state index contributed by atoms with van der Waals surface area (Å²) in [5.74, 6) is 0.0868. The lowest BCUT2D eigenvalue weighted by molar-refractivity contribution is -0.138. The maximum Gasteiger partial charge on any atom is 0.248 e. The van der Waals surface area contributed by atoms with Gasteiger partial charge in [-0.15, -0.1) is 0 Å². The lowest BCUT2D eigenvalue weighted by atomic mass is 10.0. The van der Waals surface area contributed by atoms with Crippen molar-refractivity contribution in [3.05, 3.63) is 70.8 Å². The number of hydrogen-bond donors (Lipinski definition) is 1. The largest absolute Gasteiger partial charge is 0.326 e. The number of ketones is 1. The molecular formula is C29H25BrN8O3. The summed E-state index contributed by atoms with van der Waals surface area (Å²) in [5.41, 5.74) is 4.28. The second kappa shape index (κ2) is 9.58. The Bertz CT molecular complexity index is 1900. The van der Waals surface area contributed by atoms with Gasteiger partial charge < -0.3 is 10.2 Å². The van der Waals surface area contributed by atoms with Gasteiger partial charge in [-0.25, -0.2) is 14.5 Å². The Balaban J connectivity index is 1.17. The molecule has 0 radical (unpaired) electrons. The lowest BCUT2D eigenvalue weighted by Crippen LogP contribution is -2.46. The number of halogens is 1. The number of piperidine rings is 1. The molecule has 5 aromatic rings. The zero-order chi connectivity index (χ0) is 28.4. The number of nitrogens with zero attached hydrogens (tertiary/aromatic N) is 7. The van der Waals surface area contributed by atoms with Gasteiger partial charge in [-0.3, -0.25) is 19.1 Å². The van der Waals surface area contributed by atoms with Gasteiger partial charge in [0.1, 0.15) is 28.7 Å². The highest BCUT2D eigenvalue weighted by Crippen LogP contribution is 2.48. The Morgan fingerprint density at radius 1 is 1.07 bits per heavy atom. The number of rotatable bonds is 6. The van der Waals surface area contributed by atoms with Gasteiger partial charge in [0.15, 0.2) is 11.4 Å². The van der Waals surface area contributed by atoms with Gasteiger partial charge >= 0.3 is 0 Å². The predicted molar refractivity (Wildman–Crippen MR) is 154 cm³/mol. The number of likely N-dealkylation sites (tertiary alicyclic amines) is 1. The molecular weight excluding hydrogens is 588 g/mol. The summed E-state index contributed by atoms with van der Waals surface area (Å²) in [6.07, 6.45) is 5.17. The summed E-state index contributed by atoms with van der Waals surface area (Å²) in [4.78, 5) is 49.9. The van der Waals surface area contributed by atoms with Crippen molar-refractivity contribution in [1.82, 2.24) is 34.3 Å². The monoisotopic (exact) mass is 612 g/mol. The molecule has 1 aliphatic heterocycles. The number of hydrogen-bond acceptors (Lipinski definition) is 7. The minimum absolute atomic E-state index is 0.0442. The number of carbonyl (C=O) groups is 3. The molecule has 2 amide bonds. The number of fused-ring (bicyclic) bond motifs is 3. The molecule has 3 atom stereocenters. The maximum absolute atomic E-state index is 13.7. The molecule has 1 unspecified atom stereocenters. The molecule has 4 aromatic heterocycles. The number of pyridine rings is 1. The molecule has 1 aliphatic carbocycles. The van der Waals surface area contributed by atoms with E-state index in [1.54, 1.807) is 38.5 Å². The third-order valence-corrected chi connectivity index (χ3v) is 8.24. The summed E-state index contributed by atoms with van der Waals surface area (Å²) in [5, 5.41) is 12.5. The molecule has 41 heavy (non-hydrogen) atoms. The standard InChI is InChI=1S/C29H25BrN8O3/c1-15-8-26-31-12-19(13-37(26)34-15)17-6-7-21-20(9-17)28(16(2)39)35-36(21)14-27(40)38-22-10-18(22)11-23(38)29(41)33-25-5-3-4-24(30)32-25/h3-9,12-13,18,22-23H,10-11,14H2,1-2H3,(H,32,33,41)/t18-,22?,23+/m1/s1. The predicted octanol–water partition coefficient (Wildman–Crippen LogP) is 4.04. The topological polar surface area (TPSA) is 127 Å². The van der Waals surface area contributed by atoms with E-state index in [1.165, 1.54) is 6.92 Å². The van der Waals surface area contributed by atoms with E-state index in [9.17, 15) is 14.4 Å². The minimum Gasteiger partial charge on any atom is -0.326 e. The molecule has 206 valence electrons. The van der Waals surface area contributed by atoms with E-state index in [-0.39, 0.29) is 30.2 Å². The number of aromatic nitrogens is 6. The number of Topliss-reactive ketones (excluding diaryl/α,β-unsaturated/α-hetero) is 1. The first-order valence-corrected chi connectivity index (χ1v) is 14.1. The van der Waals surface area contributed by atoms with Crippen molar-refractivity contribution in [3.63, 3.8) is 0 Å². The fourth-order valence-corrected chi connectivity index (χ4v) is 6.17. The van der Waals surface area contributed by atoms with Gasteiger partial charge in [-0.2, -0.15) is 10.2 Å². The first-order chi connectivity index (χ1) is 19.7. The smallest absolute Gasteiger partial charge is 0.248 e. The van der Waals surface area contributed by atoms with Crippen molar-refractivity contribution >= 4 is 55.9 Å². The second-order valence-corrected chi connectivity index (χ2v) is 11.5. The van der Waals surface area contributed by atoms with E-state index in [0.29, 0.717) is 39.4 Å². The van der Waals surface area contributed by atoms with Crippen LogP contribution in [-0.2, 0) is 16.1 Å². The molecule has 11 nitrogen and oxygen atoms in total. The van der Waals surface area contributed by atoms with Crippen LogP contribution in [0.3, 0.4) is 0 Å². The van der Waals surface area contributed by atoms with Gasteiger partial charge in [0.25, 0.3) is 0 Å². The van der Waals surface area contributed by atoms with E-state index in [0.717, 1.165) is 28.9 Å².